The van der Waals surface area contributed by atoms with Gasteiger partial charge in [-0.1, -0.05) is 17.7 Å². The number of ether oxygens (including phenoxy) is 1. The molecule has 0 bridgehead atoms. The van der Waals surface area contributed by atoms with Crippen LogP contribution in [-0.4, -0.2) is 29.2 Å². The molecule has 96 valence electrons. The predicted molar refractivity (Wildman–Crippen MR) is 72.0 cm³/mol. The van der Waals surface area contributed by atoms with E-state index in [1.807, 2.05) is 18.2 Å². The molecule has 1 aliphatic heterocycles. The zero-order chi connectivity index (χ0) is 12.5. The highest BCUT2D eigenvalue weighted by Crippen LogP contribution is 2.28. The van der Waals surface area contributed by atoms with Crippen molar-refractivity contribution in [2.75, 3.05) is 19.7 Å². The molecule has 1 unspecified atom stereocenters. The number of hydrogen-bond donors (Lipinski definition) is 1. The molecule has 0 saturated carbocycles. The Balaban J connectivity index is 2.13. The van der Waals surface area contributed by atoms with Crippen molar-refractivity contribution in [2.24, 2.45) is 0 Å². The molecule has 1 aromatic carbocycles. The van der Waals surface area contributed by atoms with Crippen molar-refractivity contribution in [3.05, 3.63) is 29.0 Å². The lowest BCUT2D eigenvalue weighted by Crippen LogP contribution is -2.34. The van der Waals surface area contributed by atoms with Gasteiger partial charge in [-0.05, 0) is 19.1 Å². The summed E-state index contributed by atoms with van der Waals surface area (Å²) in [6.45, 7) is 5.38. The molecular weight excluding hydrogens is 250 g/mol. The third kappa shape index (κ3) is 1.90. The van der Waals surface area contributed by atoms with Gasteiger partial charge in [0.05, 0.1) is 22.7 Å². The van der Waals surface area contributed by atoms with E-state index in [1.165, 1.54) is 0 Å². The molecule has 0 radical (unpaired) electrons. The molecule has 4 nitrogen and oxygen atoms in total. The van der Waals surface area contributed by atoms with E-state index in [0.717, 1.165) is 48.1 Å². The lowest BCUT2D eigenvalue weighted by Gasteiger charge is -2.23. The van der Waals surface area contributed by atoms with Gasteiger partial charge in [0.15, 0.2) is 0 Å². The van der Waals surface area contributed by atoms with Gasteiger partial charge in [-0.25, -0.2) is 4.98 Å². The minimum atomic E-state index is 0.0159. The zero-order valence-corrected chi connectivity index (χ0v) is 11.1. The average Bonchev–Trinajstić information content (AvgIpc) is 2.79. The number of nitrogens with zero attached hydrogens (tertiary/aromatic N) is 2. The number of nitrogens with one attached hydrogen (secondary N) is 1. The Bertz CT molecular complexity index is 561. The third-order valence-corrected chi connectivity index (χ3v) is 3.58. The highest BCUT2D eigenvalue weighted by atomic mass is 35.5. The molecular formula is C13H16ClN3O. The summed E-state index contributed by atoms with van der Waals surface area (Å²) in [6.07, 6.45) is 0.0159. The monoisotopic (exact) mass is 265 g/mol. The SMILES string of the molecule is CCn1c(C2CNCCO2)nc2cccc(Cl)c21. The molecule has 1 atom stereocenters. The van der Waals surface area contributed by atoms with Crippen LogP contribution in [0.4, 0.5) is 0 Å². The van der Waals surface area contributed by atoms with E-state index >= 15 is 0 Å². The molecule has 1 N–H and O–H groups in total. The van der Waals surface area contributed by atoms with Crippen molar-refractivity contribution in [1.29, 1.82) is 0 Å². The lowest BCUT2D eigenvalue weighted by molar-refractivity contribution is 0.0204. The second kappa shape index (κ2) is 4.88. The fraction of sp³-hybridized carbons (Fsp3) is 0.462. The molecule has 5 heteroatoms. The number of para-hydroxylation sites is 1. The zero-order valence-electron chi connectivity index (χ0n) is 10.3. The topological polar surface area (TPSA) is 39.1 Å². The lowest BCUT2D eigenvalue weighted by atomic mass is 10.3. The Morgan fingerprint density at radius 1 is 1.56 bits per heavy atom. The number of aromatic nitrogens is 2. The summed E-state index contributed by atoms with van der Waals surface area (Å²) < 4.78 is 7.94. The van der Waals surface area contributed by atoms with E-state index in [4.69, 9.17) is 16.3 Å². The first-order chi connectivity index (χ1) is 8.81. The van der Waals surface area contributed by atoms with Crippen LogP contribution in [0, 0.1) is 0 Å². The van der Waals surface area contributed by atoms with E-state index in [2.05, 4.69) is 21.8 Å². The maximum atomic E-state index is 6.28. The average molecular weight is 266 g/mol. The molecule has 2 heterocycles. The molecule has 0 amide bonds. The second-order valence-electron chi connectivity index (χ2n) is 4.39. The van der Waals surface area contributed by atoms with Crippen molar-refractivity contribution < 1.29 is 4.74 Å². The minimum absolute atomic E-state index is 0.0159. The number of rotatable bonds is 2. The van der Waals surface area contributed by atoms with Gasteiger partial charge in [-0.15, -0.1) is 0 Å². The fourth-order valence-corrected chi connectivity index (χ4v) is 2.73. The quantitative estimate of drug-likeness (QED) is 0.906. The molecule has 1 fully saturated rings. The molecule has 0 spiro atoms. The first-order valence-corrected chi connectivity index (χ1v) is 6.66. The maximum Gasteiger partial charge on any atom is 0.140 e. The third-order valence-electron chi connectivity index (χ3n) is 3.28. The van der Waals surface area contributed by atoms with Crippen LogP contribution in [-0.2, 0) is 11.3 Å². The summed E-state index contributed by atoms with van der Waals surface area (Å²) in [6, 6.07) is 5.83. The molecule has 1 aliphatic rings. The van der Waals surface area contributed by atoms with Crippen LogP contribution in [0.1, 0.15) is 18.9 Å². The summed E-state index contributed by atoms with van der Waals surface area (Å²) in [5.41, 5.74) is 1.94. The number of fused-ring (bicyclic) bond motifs is 1. The number of hydrogen-bond acceptors (Lipinski definition) is 3. The Kier molecular flexibility index (Phi) is 3.24. The molecule has 3 rings (SSSR count). The van der Waals surface area contributed by atoms with Gasteiger partial charge in [0.1, 0.15) is 11.9 Å². The Labute approximate surface area is 111 Å². The van der Waals surface area contributed by atoms with Crippen molar-refractivity contribution in [3.8, 4) is 0 Å². The van der Waals surface area contributed by atoms with Gasteiger partial charge >= 0.3 is 0 Å². The van der Waals surface area contributed by atoms with Crippen molar-refractivity contribution >= 4 is 22.6 Å². The highest BCUT2D eigenvalue weighted by Gasteiger charge is 2.23. The minimum Gasteiger partial charge on any atom is -0.368 e. The van der Waals surface area contributed by atoms with Crippen LogP contribution in [0.25, 0.3) is 11.0 Å². The van der Waals surface area contributed by atoms with Crippen molar-refractivity contribution in [2.45, 2.75) is 19.6 Å². The number of imidazole rings is 1. The Morgan fingerprint density at radius 2 is 2.44 bits per heavy atom. The van der Waals surface area contributed by atoms with E-state index in [0.29, 0.717) is 0 Å². The standard InChI is InChI=1S/C13H16ClN3O/c1-2-17-12-9(14)4-3-5-10(12)16-13(17)11-8-15-6-7-18-11/h3-5,11,15H,2,6-8H2,1H3. The smallest absolute Gasteiger partial charge is 0.140 e. The van der Waals surface area contributed by atoms with E-state index in [9.17, 15) is 0 Å². The largest absolute Gasteiger partial charge is 0.368 e. The van der Waals surface area contributed by atoms with Gasteiger partial charge < -0.3 is 14.6 Å². The summed E-state index contributed by atoms with van der Waals surface area (Å²) in [4.78, 5) is 4.68. The summed E-state index contributed by atoms with van der Waals surface area (Å²) in [7, 11) is 0. The van der Waals surface area contributed by atoms with E-state index < -0.39 is 0 Å². The Hall–Kier alpha value is -1.10. The maximum absolute atomic E-state index is 6.28. The van der Waals surface area contributed by atoms with Crippen LogP contribution < -0.4 is 5.32 Å². The molecule has 0 aliphatic carbocycles. The number of halogens is 1. The number of morpholine rings is 1. The van der Waals surface area contributed by atoms with E-state index in [-0.39, 0.29) is 6.10 Å². The molecule has 1 saturated heterocycles. The Morgan fingerprint density at radius 3 is 3.17 bits per heavy atom. The van der Waals surface area contributed by atoms with Gasteiger partial charge in [-0.2, -0.15) is 0 Å². The van der Waals surface area contributed by atoms with Gasteiger partial charge in [0.2, 0.25) is 0 Å². The van der Waals surface area contributed by atoms with E-state index in [1.54, 1.807) is 0 Å². The first-order valence-electron chi connectivity index (χ1n) is 6.28. The van der Waals surface area contributed by atoms with Gasteiger partial charge in [0, 0.05) is 19.6 Å². The molecule has 2 aromatic rings. The van der Waals surface area contributed by atoms with Crippen LogP contribution >= 0.6 is 11.6 Å². The van der Waals surface area contributed by atoms with Crippen LogP contribution in [0.15, 0.2) is 18.2 Å². The summed E-state index contributed by atoms with van der Waals surface area (Å²) >= 11 is 6.28. The van der Waals surface area contributed by atoms with Crippen LogP contribution in [0.5, 0.6) is 0 Å². The summed E-state index contributed by atoms with van der Waals surface area (Å²) in [5, 5.41) is 4.08. The normalized spacial score (nSPS) is 20.4. The number of aryl methyl sites for hydroxylation is 1. The second-order valence-corrected chi connectivity index (χ2v) is 4.79. The molecule has 1 aromatic heterocycles. The first kappa shape index (κ1) is 12.0. The van der Waals surface area contributed by atoms with Gasteiger partial charge in [-0.3, -0.25) is 0 Å². The van der Waals surface area contributed by atoms with Gasteiger partial charge in [0.25, 0.3) is 0 Å². The highest BCUT2D eigenvalue weighted by molar-refractivity contribution is 6.35. The molecule has 18 heavy (non-hydrogen) atoms. The van der Waals surface area contributed by atoms with Crippen LogP contribution in [0.3, 0.4) is 0 Å². The van der Waals surface area contributed by atoms with Crippen molar-refractivity contribution in [1.82, 2.24) is 14.9 Å². The van der Waals surface area contributed by atoms with Crippen LogP contribution in [0.2, 0.25) is 5.02 Å². The fourth-order valence-electron chi connectivity index (χ4n) is 2.46. The van der Waals surface area contributed by atoms with Crippen molar-refractivity contribution in [3.63, 3.8) is 0 Å². The predicted octanol–water partition coefficient (Wildman–Crippen LogP) is 2.37. The number of benzene rings is 1. The summed E-state index contributed by atoms with van der Waals surface area (Å²) in [5.74, 6) is 0.966.